The molecule has 0 aliphatic carbocycles. The van der Waals surface area contributed by atoms with E-state index in [-0.39, 0.29) is 32.1 Å². The number of benzene rings is 10. The summed E-state index contributed by atoms with van der Waals surface area (Å²) >= 11 is 0. The standard InChI is InChI=1S/C84H77N5O10/c1-90-71-36-24-65(25-37-71)82(62-18-10-7-11-19-62,66-26-38-72(91-2)39-27-66)96-54-60-51-59(52-61(53-60)55-97-83(63-20-12-8-13-21-63,67-28-40-73(92-3)41-29-67)68-30-42-74(93-4)43-31-68)17-16-50-85-80-79-81(87-57-86-80)89(58-88-79)78-49-48-77(99-78)56-98-84(64-22-14-9-15-23-64,69-32-44-75(94-5)45-33-69)70-34-46-76(95-6)47-35-70/h7-15,18-47,51-53,57-58,77-78H,48-50,54-56H2,1-6H3,(H,85,86,87)/t77-,78-/m1/s1. The average Bonchev–Trinajstić information content (AvgIpc) is 1.49. The lowest BCUT2D eigenvalue weighted by Gasteiger charge is -2.37. The van der Waals surface area contributed by atoms with Crippen LogP contribution in [-0.2, 0) is 49.0 Å². The largest absolute Gasteiger partial charge is 0.497 e. The van der Waals surface area contributed by atoms with E-state index in [1.54, 1.807) is 55.3 Å². The summed E-state index contributed by atoms with van der Waals surface area (Å²) in [5.41, 5.74) is 8.86. The average molecular weight is 1320 g/mol. The molecule has 99 heavy (non-hydrogen) atoms. The first-order valence-electron chi connectivity index (χ1n) is 32.8. The van der Waals surface area contributed by atoms with Crippen LogP contribution in [0, 0.1) is 11.8 Å². The van der Waals surface area contributed by atoms with Crippen LogP contribution in [0.5, 0.6) is 34.5 Å². The minimum absolute atomic E-state index is 0.163. The summed E-state index contributed by atoms with van der Waals surface area (Å²) in [6.45, 7) is 0.853. The Balaban J connectivity index is 0.807. The Kier molecular flexibility index (Phi) is 20.4. The zero-order chi connectivity index (χ0) is 68.0. The number of methoxy groups -OCH3 is 6. The molecule has 13 rings (SSSR count). The quantitative estimate of drug-likeness (QED) is 0.0384. The maximum Gasteiger partial charge on any atom is 0.167 e. The lowest BCUT2D eigenvalue weighted by Crippen LogP contribution is -2.35. The van der Waals surface area contributed by atoms with Gasteiger partial charge in [0.15, 0.2) is 17.0 Å². The lowest BCUT2D eigenvalue weighted by atomic mass is 9.80. The molecule has 1 saturated heterocycles. The highest BCUT2D eigenvalue weighted by Gasteiger charge is 2.42. The number of hydrogen-bond donors (Lipinski definition) is 1. The van der Waals surface area contributed by atoms with E-state index in [0.717, 1.165) is 108 Å². The first-order valence-corrected chi connectivity index (χ1v) is 32.8. The molecule has 1 fully saturated rings. The van der Waals surface area contributed by atoms with Gasteiger partial charge in [-0.05, 0) is 159 Å². The Hall–Kier alpha value is -11.3. The van der Waals surface area contributed by atoms with Crippen LogP contribution < -0.4 is 33.7 Å². The van der Waals surface area contributed by atoms with Crippen LogP contribution in [-0.4, -0.2) is 81.4 Å². The van der Waals surface area contributed by atoms with Crippen LogP contribution in [0.25, 0.3) is 11.2 Å². The molecule has 0 unspecified atom stereocenters. The summed E-state index contributed by atoms with van der Waals surface area (Å²) in [4.78, 5) is 14.3. The van der Waals surface area contributed by atoms with Gasteiger partial charge in [-0.2, -0.15) is 0 Å². The van der Waals surface area contributed by atoms with Gasteiger partial charge in [-0.15, -0.1) is 0 Å². The minimum atomic E-state index is -1.10. The van der Waals surface area contributed by atoms with Gasteiger partial charge in [0.25, 0.3) is 0 Å². The van der Waals surface area contributed by atoms with Gasteiger partial charge in [-0.1, -0.05) is 182 Å². The molecule has 0 spiro atoms. The molecule has 0 radical (unpaired) electrons. The summed E-state index contributed by atoms with van der Waals surface area (Å²) in [5.74, 6) is 11.9. The fraction of sp³-hybridized carbons (Fsp3) is 0.202. The smallest absolute Gasteiger partial charge is 0.167 e. The van der Waals surface area contributed by atoms with Crippen LogP contribution >= 0.6 is 0 Å². The molecule has 1 aliphatic heterocycles. The van der Waals surface area contributed by atoms with E-state index in [4.69, 9.17) is 57.3 Å². The van der Waals surface area contributed by atoms with Gasteiger partial charge in [0.1, 0.15) is 63.9 Å². The molecule has 2 aromatic heterocycles. The van der Waals surface area contributed by atoms with Crippen molar-refractivity contribution in [3.63, 3.8) is 0 Å². The molecule has 0 amide bonds. The lowest BCUT2D eigenvalue weighted by molar-refractivity contribution is -0.0756. The normalized spacial score (nSPS) is 13.8. The van der Waals surface area contributed by atoms with Crippen molar-refractivity contribution in [2.45, 2.75) is 55.2 Å². The highest BCUT2D eigenvalue weighted by atomic mass is 16.6. The molecule has 15 nitrogen and oxygen atoms in total. The Morgan fingerprint density at radius 2 is 0.768 bits per heavy atom. The van der Waals surface area contributed by atoms with E-state index < -0.39 is 16.8 Å². The molecule has 498 valence electrons. The zero-order valence-electron chi connectivity index (χ0n) is 56.2. The number of ether oxygens (including phenoxy) is 10. The van der Waals surface area contributed by atoms with Crippen LogP contribution in [0.4, 0.5) is 5.82 Å². The van der Waals surface area contributed by atoms with Crippen molar-refractivity contribution in [2.24, 2.45) is 0 Å². The van der Waals surface area contributed by atoms with E-state index in [1.807, 2.05) is 132 Å². The first kappa shape index (κ1) is 66.4. The van der Waals surface area contributed by atoms with Gasteiger partial charge in [0.2, 0.25) is 0 Å². The summed E-state index contributed by atoms with van der Waals surface area (Å²) in [5, 5.41) is 3.47. The summed E-state index contributed by atoms with van der Waals surface area (Å²) in [7, 11) is 10.0. The van der Waals surface area contributed by atoms with Crippen molar-refractivity contribution in [1.82, 2.24) is 19.5 Å². The van der Waals surface area contributed by atoms with E-state index in [1.165, 1.54) is 0 Å². The fourth-order valence-electron chi connectivity index (χ4n) is 13.3. The summed E-state index contributed by atoms with van der Waals surface area (Å²) in [6, 6.07) is 85.4. The van der Waals surface area contributed by atoms with Gasteiger partial charge in [-0.3, -0.25) is 4.57 Å². The Morgan fingerprint density at radius 1 is 0.414 bits per heavy atom. The van der Waals surface area contributed by atoms with Crippen molar-refractivity contribution in [2.75, 3.05) is 61.1 Å². The van der Waals surface area contributed by atoms with Crippen molar-refractivity contribution in [3.8, 4) is 46.3 Å². The molecule has 15 heteroatoms. The molecule has 10 aromatic carbocycles. The third kappa shape index (κ3) is 13.9. The maximum absolute atomic E-state index is 7.53. The second-order valence-corrected chi connectivity index (χ2v) is 23.9. The zero-order valence-corrected chi connectivity index (χ0v) is 56.2. The van der Waals surface area contributed by atoms with Gasteiger partial charge >= 0.3 is 0 Å². The first-order chi connectivity index (χ1) is 48.7. The molecule has 3 heterocycles. The number of nitrogens with one attached hydrogen (secondary N) is 1. The molecule has 1 N–H and O–H groups in total. The third-order valence-electron chi connectivity index (χ3n) is 18.3. The predicted molar refractivity (Wildman–Crippen MR) is 383 cm³/mol. The fourth-order valence-corrected chi connectivity index (χ4v) is 13.3. The van der Waals surface area contributed by atoms with Crippen molar-refractivity contribution < 1.29 is 47.4 Å². The predicted octanol–water partition coefficient (Wildman–Crippen LogP) is 16.0. The van der Waals surface area contributed by atoms with Crippen LogP contribution in [0.2, 0.25) is 0 Å². The second-order valence-electron chi connectivity index (χ2n) is 23.9. The van der Waals surface area contributed by atoms with Crippen molar-refractivity contribution >= 4 is 17.0 Å². The highest BCUT2D eigenvalue weighted by Crippen LogP contribution is 2.47. The number of aromatic nitrogens is 4. The molecular formula is C84H77N5O10. The SMILES string of the molecule is COc1ccc(C(OCc2cc(C#CCNc3ncnc4c3ncn4[C@H]3CC[C@H](COC(c4ccccc4)(c4ccc(OC)cc4)c4ccc(OC)cc4)O3)cc(COC(c3ccccc3)(c3ccc(OC)cc3)c3ccc(OC)cc3)c2)(c2ccccc2)c2ccc(OC)cc2)cc1. The summed E-state index contributed by atoms with van der Waals surface area (Å²) < 4.78 is 65.0. The topological polar surface area (TPSA) is 148 Å². The van der Waals surface area contributed by atoms with E-state index >= 15 is 0 Å². The maximum atomic E-state index is 7.53. The van der Waals surface area contributed by atoms with E-state index in [2.05, 4.69) is 150 Å². The Bertz CT molecular complexity index is 4360. The molecule has 0 bridgehead atoms. The number of fused-ring (bicyclic) bond motifs is 1. The number of rotatable bonds is 27. The number of nitrogens with zero attached hydrogens (tertiary/aromatic N) is 4. The molecular weight excluding hydrogens is 1240 g/mol. The Labute approximate surface area is 577 Å². The molecule has 0 saturated carbocycles. The monoisotopic (exact) mass is 1320 g/mol. The van der Waals surface area contributed by atoms with Crippen LogP contribution in [0.15, 0.2) is 267 Å². The van der Waals surface area contributed by atoms with Gasteiger partial charge in [0.05, 0.1) is 81.5 Å². The number of imidazole rings is 1. The van der Waals surface area contributed by atoms with Gasteiger partial charge in [0, 0.05) is 5.56 Å². The summed E-state index contributed by atoms with van der Waals surface area (Å²) in [6.07, 6.45) is 4.16. The molecule has 1 aliphatic rings. The minimum Gasteiger partial charge on any atom is -0.497 e. The Morgan fingerprint density at radius 3 is 1.13 bits per heavy atom. The van der Waals surface area contributed by atoms with Crippen molar-refractivity contribution in [1.29, 1.82) is 0 Å². The molecule has 2 atom stereocenters. The van der Waals surface area contributed by atoms with Crippen molar-refractivity contribution in [3.05, 3.63) is 334 Å². The number of hydrogen-bond acceptors (Lipinski definition) is 14. The second kappa shape index (κ2) is 30.4. The van der Waals surface area contributed by atoms with Gasteiger partial charge in [-0.25, -0.2) is 15.0 Å². The van der Waals surface area contributed by atoms with E-state index in [0.29, 0.717) is 30.0 Å². The highest BCUT2D eigenvalue weighted by molar-refractivity contribution is 5.83. The number of anilines is 1. The van der Waals surface area contributed by atoms with Crippen LogP contribution in [0.3, 0.4) is 0 Å². The third-order valence-corrected chi connectivity index (χ3v) is 18.3. The molecule has 12 aromatic rings. The van der Waals surface area contributed by atoms with E-state index in [9.17, 15) is 0 Å². The van der Waals surface area contributed by atoms with Crippen LogP contribution in [0.1, 0.15) is 85.8 Å². The van der Waals surface area contributed by atoms with Gasteiger partial charge < -0.3 is 52.7 Å².